The highest BCUT2D eigenvalue weighted by Crippen LogP contribution is 2.44. The highest BCUT2D eigenvalue weighted by molar-refractivity contribution is 5.96. The van der Waals surface area contributed by atoms with Gasteiger partial charge < -0.3 is 10.6 Å². The Balaban J connectivity index is 1.50. The fourth-order valence-corrected chi connectivity index (χ4v) is 4.07. The third-order valence-electron chi connectivity index (χ3n) is 5.43. The van der Waals surface area contributed by atoms with Gasteiger partial charge in [-0.25, -0.2) is 9.97 Å². The summed E-state index contributed by atoms with van der Waals surface area (Å²) >= 11 is 0. The smallest absolute Gasteiger partial charge is 0.232 e. The summed E-state index contributed by atoms with van der Waals surface area (Å²) in [7, 11) is 0. The summed E-state index contributed by atoms with van der Waals surface area (Å²) in [6.45, 7) is 1.74. The van der Waals surface area contributed by atoms with Crippen molar-refractivity contribution < 1.29 is 4.79 Å². The van der Waals surface area contributed by atoms with E-state index in [1.165, 1.54) is 6.42 Å². The molecule has 1 aliphatic heterocycles. The van der Waals surface area contributed by atoms with Crippen LogP contribution >= 0.6 is 0 Å². The first-order valence-corrected chi connectivity index (χ1v) is 8.68. The molecule has 0 unspecified atom stereocenters. The zero-order valence-electron chi connectivity index (χ0n) is 13.7. The number of fused-ring (bicyclic) bond motifs is 1. The summed E-state index contributed by atoms with van der Waals surface area (Å²) in [6.07, 6.45) is 7.88. The van der Waals surface area contributed by atoms with Crippen LogP contribution in [0.1, 0.15) is 25.7 Å². The number of aromatic nitrogens is 2. The normalized spacial score (nSPS) is 25.9. The second-order valence-corrected chi connectivity index (χ2v) is 6.85. The van der Waals surface area contributed by atoms with Gasteiger partial charge in [0.05, 0.1) is 23.5 Å². The summed E-state index contributed by atoms with van der Waals surface area (Å²) < 4.78 is 0. The van der Waals surface area contributed by atoms with Crippen molar-refractivity contribution in [1.82, 2.24) is 15.3 Å². The van der Waals surface area contributed by atoms with Gasteiger partial charge in [-0.1, -0.05) is 43.2 Å². The van der Waals surface area contributed by atoms with E-state index in [1.807, 2.05) is 30.3 Å². The Labute approximate surface area is 141 Å². The van der Waals surface area contributed by atoms with E-state index >= 15 is 0 Å². The van der Waals surface area contributed by atoms with E-state index < -0.39 is 0 Å². The van der Waals surface area contributed by atoms with Crippen LogP contribution in [0.25, 0.3) is 11.4 Å². The molecule has 1 aromatic carbocycles. The number of nitrogens with one attached hydrogen (secondary N) is 2. The summed E-state index contributed by atoms with van der Waals surface area (Å²) in [5.41, 5.74) is 1.39. The number of nitrogens with zero attached hydrogens (tertiary/aromatic N) is 2. The van der Waals surface area contributed by atoms with Crippen LogP contribution in [0.4, 0.5) is 5.69 Å². The van der Waals surface area contributed by atoms with Gasteiger partial charge in [0.1, 0.15) is 0 Å². The molecule has 124 valence electrons. The zero-order valence-corrected chi connectivity index (χ0v) is 13.7. The SMILES string of the molecule is O=C(Nc1cnc(-c2ccccc2)nc1)[C@@]12CCCC[C@H]1CNC2. The standard InChI is InChI=1S/C19H22N4O/c24-18(19-9-5-4-8-15(19)10-20-13-19)23-16-11-21-17(22-12-16)14-6-2-1-3-7-14/h1-3,6-7,11-12,15,20H,4-5,8-10,13H2,(H,23,24)/t15-,19+/m0/s1. The van der Waals surface area contributed by atoms with Gasteiger partial charge in [0.25, 0.3) is 0 Å². The molecule has 4 rings (SSSR count). The number of hydrogen-bond donors (Lipinski definition) is 2. The molecule has 2 heterocycles. The van der Waals surface area contributed by atoms with E-state index in [4.69, 9.17) is 0 Å². The molecule has 1 aliphatic carbocycles. The molecule has 2 aliphatic rings. The molecule has 2 fully saturated rings. The van der Waals surface area contributed by atoms with Crippen molar-refractivity contribution in [2.45, 2.75) is 25.7 Å². The Morgan fingerprint density at radius 2 is 1.96 bits per heavy atom. The van der Waals surface area contributed by atoms with Crippen LogP contribution in [-0.4, -0.2) is 29.0 Å². The Bertz CT molecular complexity index is 716. The summed E-state index contributed by atoms with van der Waals surface area (Å²) in [6, 6.07) is 9.84. The maximum atomic E-state index is 12.9. The first kappa shape index (κ1) is 15.3. The van der Waals surface area contributed by atoms with Crippen LogP contribution in [0.5, 0.6) is 0 Å². The van der Waals surface area contributed by atoms with Gasteiger partial charge in [0.15, 0.2) is 5.82 Å². The first-order chi connectivity index (χ1) is 11.8. The molecule has 1 saturated carbocycles. The lowest BCUT2D eigenvalue weighted by molar-refractivity contribution is -0.128. The Hall–Kier alpha value is -2.27. The van der Waals surface area contributed by atoms with E-state index in [0.29, 0.717) is 17.4 Å². The summed E-state index contributed by atoms with van der Waals surface area (Å²) in [5.74, 6) is 1.24. The molecule has 0 bridgehead atoms. The van der Waals surface area contributed by atoms with Gasteiger partial charge in [-0.05, 0) is 25.3 Å². The maximum Gasteiger partial charge on any atom is 0.232 e. The monoisotopic (exact) mass is 322 g/mol. The van der Waals surface area contributed by atoms with Crippen LogP contribution in [-0.2, 0) is 4.79 Å². The molecule has 24 heavy (non-hydrogen) atoms. The molecule has 1 aromatic heterocycles. The Morgan fingerprint density at radius 1 is 1.17 bits per heavy atom. The van der Waals surface area contributed by atoms with Crippen LogP contribution in [0, 0.1) is 11.3 Å². The van der Waals surface area contributed by atoms with E-state index in [-0.39, 0.29) is 11.3 Å². The third-order valence-corrected chi connectivity index (χ3v) is 5.43. The molecule has 5 nitrogen and oxygen atoms in total. The first-order valence-electron chi connectivity index (χ1n) is 8.68. The van der Waals surface area contributed by atoms with E-state index in [0.717, 1.165) is 37.9 Å². The van der Waals surface area contributed by atoms with E-state index in [2.05, 4.69) is 20.6 Å². The van der Waals surface area contributed by atoms with Crippen LogP contribution < -0.4 is 10.6 Å². The molecule has 0 radical (unpaired) electrons. The number of carbonyl (C=O) groups excluding carboxylic acids is 1. The highest BCUT2D eigenvalue weighted by atomic mass is 16.2. The van der Waals surface area contributed by atoms with Crippen molar-refractivity contribution in [3.8, 4) is 11.4 Å². The van der Waals surface area contributed by atoms with Crippen molar-refractivity contribution in [2.75, 3.05) is 18.4 Å². The van der Waals surface area contributed by atoms with Crippen molar-refractivity contribution in [2.24, 2.45) is 11.3 Å². The fraction of sp³-hybridized carbons (Fsp3) is 0.421. The van der Waals surface area contributed by atoms with Gasteiger partial charge in [0, 0.05) is 12.1 Å². The van der Waals surface area contributed by atoms with Gasteiger partial charge in [-0.3, -0.25) is 4.79 Å². The number of amides is 1. The van der Waals surface area contributed by atoms with Crippen molar-refractivity contribution in [3.05, 3.63) is 42.7 Å². The van der Waals surface area contributed by atoms with Crippen LogP contribution in [0.3, 0.4) is 0 Å². The van der Waals surface area contributed by atoms with Gasteiger partial charge in [-0.2, -0.15) is 0 Å². The second-order valence-electron chi connectivity index (χ2n) is 6.85. The quantitative estimate of drug-likeness (QED) is 0.912. The van der Waals surface area contributed by atoms with E-state index in [9.17, 15) is 4.79 Å². The summed E-state index contributed by atoms with van der Waals surface area (Å²) in [4.78, 5) is 21.7. The number of benzene rings is 1. The van der Waals surface area contributed by atoms with E-state index in [1.54, 1.807) is 12.4 Å². The minimum absolute atomic E-state index is 0.119. The van der Waals surface area contributed by atoms with Crippen LogP contribution in [0.2, 0.25) is 0 Å². The van der Waals surface area contributed by atoms with Gasteiger partial charge in [-0.15, -0.1) is 0 Å². The molecular formula is C19H22N4O. The predicted octanol–water partition coefficient (Wildman–Crippen LogP) is 2.86. The second kappa shape index (κ2) is 6.32. The van der Waals surface area contributed by atoms with Crippen molar-refractivity contribution in [1.29, 1.82) is 0 Å². The molecule has 2 N–H and O–H groups in total. The minimum atomic E-state index is -0.254. The largest absolute Gasteiger partial charge is 0.323 e. The third kappa shape index (κ3) is 2.69. The highest BCUT2D eigenvalue weighted by Gasteiger charge is 2.49. The topological polar surface area (TPSA) is 66.9 Å². The number of hydrogen-bond acceptors (Lipinski definition) is 4. The van der Waals surface area contributed by atoms with Gasteiger partial charge >= 0.3 is 0 Å². The number of rotatable bonds is 3. The Morgan fingerprint density at radius 3 is 2.75 bits per heavy atom. The molecule has 5 heteroatoms. The number of carbonyl (C=O) groups is 1. The van der Waals surface area contributed by atoms with Gasteiger partial charge in [0.2, 0.25) is 5.91 Å². The summed E-state index contributed by atoms with van der Waals surface area (Å²) in [5, 5.41) is 6.46. The van der Waals surface area contributed by atoms with Crippen molar-refractivity contribution in [3.63, 3.8) is 0 Å². The van der Waals surface area contributed by atoms with Crippen molar-refractivity contribution >= 4 is 11.6 Å². The molecule has 0 spiro atoms. The molecular weight excluding hydrogens is 300 g/mol. The lowest BCUT2D eigenvalue weighted by Gasteiger charge is -2.37. The predicted molar refractivity (Wildman–Crippen MR) is 93.4 cm³/mol. The maximum absolute atomic E-state index is 12.9. The lowest BCUT2D eigenvalue weighted by atomic mass is 9.67. The molecule has 2 aromatic rings. The Kier molecular flexibility index (Phi) is 4.02. The minimum Gasteiger partial charge on any atom is -0.323 e. The molecule has 2 atom stereocenters. The zero-order chi connectivity index (χ0) is 16.4. The number of anilines is 1. The average Bonchev–Trinajstić information content (AvgIpc) is 3.08. The average molecular weight is 322 g/mol. The fourth-order valence-electron chi connectivity index (χ4n) is 4.07. The van der Waals surface area contributed by atoms with Crippen LogP contribution in [0.15, 0.2) is 42.7 Å². The lowest BCUT2D eigenvalue weighted by Crippen LogP contribution is -2.44. The molecule has 1 saturated heterocycles. The molecule has 1 amide bonds.